The molecule has 7 nitrogen and oxygen atoms in total. The summed E-state index contributed by atoms with van der Waals surface area (Å²) >= 11 is 0. The predicted octanol–water partition coefficient (Wildman–Crippen LogP) is 0.853. The van der Waals surface area contributed by atoms with Crippen molar-refractivity contribution in [2.24, 2.45) is 5.73 Å². The van der Waals surface area contributed by atoms with Crippen LogP contribution in [-0.4, -0.2) is 13.3 Å². The summed E-state index contributed by atoms with van der Waals surface area (Å²) in [6.45, 7) is -0.0574. The molecule has 0 unspecified atom stereocenters. The van der Waals surface area contributed by atoms with Gasteiger partial charge in [0.25, 0.3) is 14.7 Å². The van der Waals surface area contributed by atoms with Crippen LogP contribution in [0, 0.1) is 21.4 Å². The molecule has 0 aliphatic heterocycles. The Morgan fingerprint density at radius 3 is 2.47 bits per heavy atom. The summed E-state index contributed by atoms with van der Waals surface area (Å²) in [5.41, 5.74) is 4.42. The number of hydrogen-bond donors (Lipinski definition) is 1. The summed E-state index contributed by atoms with van der Waals surface area (Å²) in [7, 11) is 0.694. The van der Waals surface area contributed by atoms with Gasteiger partial charge in [0.2, 0.25) is 0 Å². The van der Waals surface area contributed by atoms with Crippen LogP contribution in [0.1, 0.15) is 11.1 Å². The lowest BCUT2D eigenvalue weighted by molar-refractivity contribution is -0.387. The minimum absolute atomic E-state index is 0.0574. The molecule has 9 heteroatoms. The van der Waals surface area contributed by atoms with E-state index in [2.05, 4.69) is 0 Å². The van der Waals surface area contributed by atoms with Gasteiger partial charge in [-0.25, -0.2) is 8.42 Å². The zero-order valence-electron chi connectivity index (χ0n) is 8.25. The molecule has 0 bridgehead atoms. The summed E-state index contributed by atoms with van der Waals surface area (Å²) in [5, 5.41) is 19.5. The summed E-state index contributed by atoms with van der Waals surface area (Å²) in [5.74, 6) is 0. The molecule has 0 aromatic heterocycles. The summed E-state index contributed by atoms with van der Waals surface area (Å²) in [6, 6.07) is 3.69. The van der Waals surface area contributed by atoms with E-state index in [0.717, 1.165) is 12.1 Å². The quantitative estimate of drug-likeness (QED) is 0.495. The highest BCUT2D eigenvalue weighted by Crippen LogP contribution is 2.31. The van der Waals surface area contributed by atoms with Gasteiger partial charge in [-0.05, 0) is 11.6 Å². The zero-order chi connectivity index (χ0) is 13.2. The van der Waals surface area contributed by atoms with Crippen molar-refractivity contribution >= 4 is 25.4 Å². The van der Waals surface area contributed by atoms with Crippen LogP contribution >= 0.6 is 10.7 Å². The molecule has 2 N–H and O–H groups in total. The first-order valence-corrected chi connectivity index (χ1v) is 6.48. The Kier molecular flexibility index (Phi) is 3.67. The minimum Gasteiger partial charge on any atom is -0.326 e. The molecule has 0 saturated heterocycles. The van der Waals surface area contributed by atoms with Crippen LogP contribution in [0.2, 0.25) is 0 Å². The van der Waals surface area contributed by atoms with Gasteiger partial charge in [-0.3, -0.25) is 10.1 Å². The highest BCUT2D eigenvalue weighted by molar-refractivity contribution is 8.13. The lowest BCUT2D eigenvalue weighted by atomic mass is 10.1. The fourth-order valence-electron chi connectivity index (χ4n) is 1.26. The Morgan fingerprint density at radius 2 is 2.12 bits per heavy atom. The molecule has 0 spiro atoms. The van der Waals surface area contributed by atoms with Crippen molar-refractivity contribution < 1.29 is 13.3 Å². The average Bonchev–Trinajstić information content (AvgIpc) is 2.25. The predicted molar refractivity (Wildman–Crippen MR) is 58.7 cm³/mol. The van der Waals surface area contributed by atoms with Crippen molar-refractivity contribution in [2.45, 2.75) is 11.4 Å². The number of nitro groups is 1. The zero-order valence-corrected chi connectivity index (χ0v) is 9.83. The molecule has 90 valence electrons. The number of halogens is 1. The van der Waals surface area contributed by atoms with E-state index in [1.54, 1.807) is 6.07 Å². The van der Waals surface area contributed by atoms with Crippen LogP contribution < -0.4 is 5.73 Å². The molecular formula is C8H6ClN3O4S. The monoisotopic (exact) mass is 275 g/mol. The number of nitrogens with two attached hydrogens (primary N) is 1. The van der Waals surface area contributed by atoms with E-state index in [4.69, 9.17) is 21.7 Å². The van der Waals surface area contributed by atoms with Crippen LogP contribution in [0.25, 0.3) is 0 Å². The number of nitro benzene ring substituents is 1. The second-order valence-corrected chi connectivity index (χ2v) is 5.51. The van der Waals surface area contributed by atoms with Gasteiger partial charge in [-0.2, -0.15) is 5.26 Å². The lowest BCUT2D eigenvalue weighted by Crippen LogP contribution is -2.05. The maximum atomic E-state index is 11.2. The summed E-state index contributed by atoms with van der Waals surface area (Å²) in [4.78, 5) is 9.01. The molecule has 0 aliphatic rings. The number of rotatable bonds is 3. The van der Waals surface area contributed by atoms with E-state index in [-0.39, 0.29) is 12.1 Å². The summed E-state index contributed by atoms with van der Waals surface area (Å²) < 4.78 is 22.4. The van der Waals surface area contributed by atoms with E-state index < -0.39 is 30.1 Å². The van der Waals surface area contributed by atoms with Crippen LogP contribution in [0.3, 0.4) is 0 Å². The lowest BCUT2D eigenvalue weighted by Gasteiger charge is -2.04. The maximum absolute atomic E-state index is 11.2. The molecular weight excluding hydrogens is 270 g/mol. The molecule has 1 aromatic carbocycles. The Hall–Kier alpha value is -1.69. The largest absolute Gasteiger partial charge is 0.326 e. The number of benzene rings is 1. The van der Waals surface area contributed by atoms with Crippen molar-refractivity contribution in [1.29, 1.82) is 5.26 Å². The first kappa shape index (κ1) is 13.4. The second kappa shape index (κ2) is 4.67. The summed E-state index contributed by atoms with van der Waals surface area (Å²) in [6.07, 6.45) is 0. The van der Waals surface area contributed by atoms with Gasteiger partial charge < -0.3 is 5.73 Å². The van der Waals surface area contributed by atoms with Crippen molar-refractivity contribution in [3.8, 4) is 6.07 Å². The Bertz CT molecular complexity index is 620. The van der Waals surface area contributed by atoms with Crippen molar-refractivity contribution in [2.75, 3.05) is 0 Å². The smallest absolute Gasteiger partial charge is 0.290 e. The first-order valence-electron chi connectivity index (χ1n) is 4.17. The molecule has 0 radical (unpaired) electrons. The fraction of sp³-hybridized carbons (Fsp3) is 0.125. The molecule has 17 heavy (non-hydrogen) atoms. The van der Waals surface area contributed by atoms with E-state index in [1.165, 1.54) is 0 Å². The van der Waals surface area contributed by atoms with Gasteiger partial charge in [0, 0.05) is 23.3 Å². The third-order valence-electron chi connectivity index (χ3n) is 1.93. The fourth-order valence-corrected chi connectivity index (χ4v) is 2.50. The molecule has 0 saturated carbocycles. The highest BCUT2D eigenvalue weighted by Gasteiger charge is 2.28. The normalized spacial score (nSPS) is 10.9. The Balaban J connectivity index is 3.79. The van der Waals surface area contributed by atoms with E-state index in [0.29, 0.717) is 0 Å². The number of hydrogen-bond acceptors (Lipinski definition) is 6. The SMILES string of the molecule is N#Cc1cc(CN)cc([N+](=O)[O-])c1S(=O)(=O)Cl. The first-order chi connectivity index (χ1) is 7.81. The van der Waals surface area contributed by atoms with Crippen molar-refractivity contribution in [1.82, 2.24) is 0 Å². The van der Waals surface area contributed by atoms with Crippen LogP contribution in [0.4, 0.5) is 5.69 Å². The number of nitrogens with zero attached hydrogens (tertiary/aromatic N) is 2. The minimum atomic E-state index is -4.38. The van der Waals surface area contributed by atoms with Gasteiger partial charge in [0.15, 0.2) is 4.90 Å². The van der Waals surface area contributed by atoms with Gasteiger partial charge in [-0.15, -0.1) is 0 Å². The Morgan fingerprint density at radius 1 is 1.53 bits per heavy atom. The van der Waals surface area contributed by atoms with Gasteiger partial charge in [0.1, 0.15) is 6.07 Å². The van der Waals surface area contributed by atoms with Crippen LogP contribution in [0.15, 0.2) is 17.0 Å². The van der Waals surface area contributed by atoms with Gasteiger partial charge in [-0.1, -0.05) is 0 Å². The van der Waals surface area contributed by atoms with E-state index >= 15 is 0 Å². The van der Waals surface area contributed by atoms with E-state index in [9.17, 15) is 18.5 Å². The molecule has 0 amide bonds. The van der Waals surface area contributed by atoms with Crippen LogP contribution in [-0.2, 0) is 15.6 Å². The van der Waals surface area contributed by atoms with Gasteiger partial charge >= 0.3 is 0 Å². The maximum Gasteiger partial charge on any atom is 0.290 e. The molecule has 0 fully saturated rings. The molecule has 1 aromatic rings. The van der Waals surface area contributed by atoms with Crippen molar-refractivity contribution in [3.05, 3.63) is 33.4 Å². The number of nitriles is 1. The second-order valence-electron chi connectivity index (χ2n) is 3.00. The topological polar surface area (TPSA) is 127 Å². The third-order valence-corrected chi connectivity index (χ3v) is 3.31. The average molecular weight is 276 g/mol. The molecule has 0 aliphatic carbocycles. The van der Waals surface area contributed by atoms with Gasteiger partial charge in [0.05, 0.1) is 10.5 Å². The Labute approximate surface area is 101 Å². The third kappa shape index (κ3) is 2.71. The standard InChI is InChI=1S/C8H6ClN3O4S/c9-17(15,16)8-6(4-11)1-5(3-10)2-7(8)12(13)14/h1-2H,3,10H2. The molecule has 1 rings (SSSR count). The van der Waals surface area contributed by atoms with Crippen LogP contribution in [0.5, 0.6) is 0 Å². The molecule has 0 atom stereocenters. The van der Waals surface area contributed by atoms with Crippen molar-refractivity contribution in [3.63, 3.8) is 0 Å². The highest BCUT2D eigenvalue weighted by atomic mass is 35.7. The van der Waals surface area contributed by atoms with E-state index in [1.807, 2.05) is 0 Å². The molecule has 0 heterocycles.